The Labute approximate surface area is 117 Å². The van der Waals surface area contributed by atoms with Gasteiger partial charge in [-0.3, -0.25) is 0 Å². The van der Waals surface area contributed by atoms with Gasteiger partial charge in [-0.05, 0) is 31.5 Å². The first-order valence-corrected chi connectivity index (χ1v) is 6.70. The molecule has 1 unspecified atom stereocenters. The van der Waals surface area contributed by atoms with Crippen molar-refractivity contribution in [3.05, 3.63) is 30.0 Å². The molecule has 0 saturated carbocycles. The van der Waals surface area contributed by atoms with E-state index in [0.29, 0.717) is 35.8 Å². The largest absolute Gasteiger partial charge is 0.339 e. The Bertz CT molecular complexity index is 538. The van der Waals surface area contributed by atoms with Crippen LogP contribution >= 0.6 is 0 Å². The van der Waals surface area contributed by atoms with Crippen LogP contribution in [0, 0.1) is 11.7 Å². The number of likely N-dealkylation sites (N-methyl/N-ethyl adjacent to an activating group) is 1. The van der Waals surface area contributed by atoms with Crippen molar-refractivity contribution in [2.45, 2.75) is 32.7 Å². The lowest BCUT2D eigenvalue weighted by Gasteiger charge is -2.15. The number of halogens is 1. The Kier molecular flexibility index (Phi) is 4.79. The molecule has 1 N–H and O–H groups in total. The summed E-state index contributed by atoms with van der Waals surface area (Å²) in [6.45, 7) is 4.35. The molecule has 2 heterocycles. The number of nitrogens with zero attached hydrogens (tertiary/aromatic N) is 3. The molecule has 2 aromatic heterocycles. The number of rotatable bonds is 6. The number of nitrogens with one attached hydrogen (secondary N) is 1. The standard InChI is InChI=1S/C14H19FN4O/c1-9(2)6-11(16-3)7-13-18-14(19-20-13)12-5-4-10(15)8-17-12/h4-5,8-9,11,16H,6-7H2,1-3H3. The van der Waals surface area contributed by atoms with E-state index in [1.807, 2.05) is 7.05 Å². The fraction of sp³-hybridized carbons (Fsp3) is 0.500. The summed E-state index contributed by atoms with van der Waals surface area (Å²) in [6, 6.07) is 3.16. The average molecular weight is 278 g/mol. The number of aromatic nitrogens is 3. The molecule has 0 saturated heterocycles. The molecule has 2 rings (SSSR count). The van der Waals surface area contributed by atoms with E-state index in [2.05, 4.69) is 34.3 Å². The molecule has 0 radical (unpaired) electrons. The van der Waals surface area contributed by atoms with Crippen LogP contribution in [-0.2, 0) is 6.42 Å². The van der Waals surface area contributed by atoms with E-state index in [1.165, 1.54) is 12.1 Å². The van der Waals surface area contributed by atoms with E-state index in [1.54, 1.807) is 0 Å². The zero-order chi connectivity index (χ0) is 14.5. The normalized spacial score (nSPS) is 12.8. The van der Waals surface area contributed by atoms with Crippen molar-refractivity contribution in [3.8, 4) is 11.5 Å². The lowest BCUT2D eigenvalue weighted by Crippen LogP contribution is -2.29. The summed E-state index contributed by atoms with van der Waals surface area (Å²) in [4.78, 5) is 8.24. The maximum Gasteiger partial charge on any atom is 0.228 e. The van der Waals surface area contributed by atoms with E-state index in [9.17, 15) is 4.39 Å². The van der Waals surface area contributed by atoms with Crippen molar-refractivity contribution < 1.29 is 8.91 Å². The lowest BCUT2D eigenvalue weighted by atomic mass is 10.0. The second-order valence-electron chi connectivity index (χ2n) is 5.19. The second-order valence-corrected chi connectivity index (χ2v) is 5.19. The average Bonchev–Trinajstić information content (AvgIpc) is 2.87. The molecule has 0 amide bonds. The van der Waals surface area contributed by atoms with Gasteiger partial charge in [0.05, 0.1) is 6.20 Å². The minimum absolute atomic E-state index is 0.296. The highest BCUT2D eigenvalue weighted by Crippen LogP contribution is 2.15. The van der Waals surface area contributed by atoms with Gasteiger partial charge in [0, 0.05) is 12.5 Å². The molecule has 0 aliphatic heterocycles. The molecular weight excluding hydrogens is 259 g/mol. The molecule has 0 aromatic carbocycles. The molecule has 6 heteroatoms. The fourth-order valence-electron chi connectivity index (χ4n) is 2.03. The third kappa shape index (κ3) is 3.84. The molecule has 20 heavy (non-hydrogen) atoms. The van der Waals surface area contributed by atoms with Crippen molar-refractivity contribution in [1.82, 2.24) is 20.4 Å². The predicted octanol–water partition coefficient (Wildman–Crippen LogP) is 2.45. The minimum atomic E-state index is -0.385. The van der Waals surface area contributed by atoms with Crippen molar-refractivity contribution in [1.29, 1.82) is 0 Å². The summed E-state index contributed by atoms with van der Waals surface area (Å²) < 4.78 is 18.0. The van der Waals surface area contributed by atoms with Crippen LogP contribution in [0.3, 0.4) is 0 Å². The monoisotopic (exact) mass is 278 g/mol. The van der Waals surface area contributed by atoms with Crippen LogP contribution in [0.1, 0.15) is 26.2 Å². The van der Waals surface area contributed by atoms with E-state index in [-0.39, 0.29) is 5.82 Å². The number of pyridine rings is 1. The van der Waals surface area contributed by atoms with Crippen LogP contribution in [0.15, 0.2) is 22.9 Å². The topological polar surface area (TPSA) is 63.8 Å². The molecule has 0 bridgehead atoms. The molecule has 0 aliphatic rings. The van der Waals surface area contributed by atoms with Crippen molar-refractivity contribution >= 4 is 0 Å². The highest BCUT2D eigenvalue weighted by atomic mass is 19.1. The van der Waals surface area contributed by atoms with Gasteiger partial charge in [-0.15, -0.1) is 0 Å². The van der Waals surface area contributed by atoms with Crippen molar-refractivity contribution in [3.63, 3.8) is 0 Å². The van der Waals surface area contributed by atoms with Gasteiger partial charge >= 0.3 is 0 Å². The summed E-state index contributed by atoms with van der Waals surface area (Å²) >= 11 is 0. The zero-order valence-corrected chi connectivity index (χ0v) is 11.9. The van der Waals surface area contributed by atoms with Gasteiger partial charge < -0.3 is 9.84 Å². The van der Waals surface area contributed by atoms with Crippen molar-refractivity contribution in [2.75, 3.05) is 7.05 Å². The van der Waals surface area contributed by atoms with Crippen LogP contribution in [0.4, 0.5) is 4.39 Å². The third-order valence-electron chi connectivity index (χ3n) is 3.01. The highest BCUT2D eigenvalue weighted by molar-refractivity contribution is 5.47. The molecule has 2 aromatic rings. The molecule has 0 fully saturated rings. The van der Waals surface area contributed by atoms with Gasteiger partial charge in [0.25, 0.3) is 0 Å². The van der Waals surface area contributed by atoms with Gasteiger partial charge in [0.2, 0.25) is 11.7 Å². The lowest BCUT2D eigenvalue weighted by molar-refractivity contribution is 0.345. The van der Waals surface area contributed by atoms with Gasteiger partial charge in [-0.2, -0.15) is 4.98 Å². The first kappa shape index (κ1) is 14.6. The van der Waals surface area contributed by atoms with Crippen molar-refractivity contribution in [2.24, 2.45) is 5.92 Å². The summed E-state index contributed by atoms with van der Waals surface area (Å²) in [5.74, 6) is 1.16. The SMILES string of the molecule is CNC(Cc1nc(-c2ccc(F)cn2)no1)CC(C)C. The van der Waals surface area contributed by atoms with Gasteiger partial charge in [-0.1, -0.05) is 19.0 Å². The molecule has 5 nitrogen and oxygen atoms in total. The third-order valence-corrected chi connectivity index (χ3v) is 3.01. The quantitative estimate of drug-likeness (QED) is 0.879. The first-order chi connectivity index (χ1) is 9.58. The fourth-order valence-corrected chi connectivity index (χ4v) is 2.03. The molecule has 1 atom stereocenters. The summed E-state index contributed by atoms with van der Waals surface area (Å²) in [6.07, 6.45) is 2.84. The number of hydrogen-bond donors (Lipinski definition) is 1. The van der Waals surface area contributed by atoms with E-state index < -0.39 is 0 Å². The summed E-state index contributed by atoms with van der Waals surface area (Å²) in [7, 11) is 1.92. The van der Waals surface area contributed by atoms with E-state index in [4.69, 9.17) is 4.52 Å². The predicted molar refractivity (Wildman–Crippen MR) is 73.5 cm³/mol. The van der Waals surface area contributed by atoms with Gasteiger partial charge in [0.15, 0.2) is 0 Å². The Hall–Kier alpha value is -1.82. The molecule has 0 spiro atoms. The Morgan fingerprint density at radius 3 is 2.75 bits per heavy atom. The molecular formula is C14H19FN4O. The van der Waals surface area contributed by atoms with Crippen LogP contribution in [0.5, 0.6) is 0 Å². The maximum absolute atomic E-state index is 12.8. The first-order valence-electron chi connectivity index (χ1n) is 6.70. The smallest absolute Gasteiger partial charge is 0.228 e. The van der Waals surface area contributed by atoms with E-state index in [0.717, 1.165) is 12.6 Å². The zero-order valence-electron chi connectivity index (χ0n) is 11.9. The highest BCUT2D eigenvalue weighted by Gasteiger charge is 2.15. The Morgan fingerprint density at radius 1 is 1.35 bits per heavy atom. The summed E-state index contributed by atoms with van der Waals surface area (Å²) in [5.41, 5.74) is 0.506. The second kappa shape index (κ2) is 6.56. The Morgan fingerprint density at radius 2 is 2.15 bits per heavy atom. The molecule has 108 valence electrons. The van der Waals surface area contributed by atoms with Crippen LogP contribution in [0.25, 0.3) is 11.5 Å². The Balaban J connectivity index is 2.06. The molecule has 0 aliphatic carbocycles. The maximum atomic E-state index is 12.8. The van der Waals surface area contributed by atoms with E-state index >= 15 is 0 Å². The summed E-state index contributed by atoms with van der Waals surface area (Å²) in [5, 5.41) is 7.13. The van der Waals surface area contributed by atoms with Gasteiger partial charge in [0.1, 0.15) is 11.5 Å². The van der Waals surface area contributed by atoms with Gasteiger partial charge in [-0.25, -0.2) is 9.37 Å². The van der Waals surface area contributed by atoms with Crippen LogP contribution in [-0.4, -0.2) is 28.2 Å². The van der Waals surface area contributed by atoms with Crippen LogP contribution in [0.2, 0.25) is 0 Å². The number of hydrogen-bond acceptors (Lipinski definition) is 5. The van der Waals surface area contributed by atoms with Crippen LogP contribution < -0.4 is 5.32 Å². The minimum Gasteiger partial charge on any atom is -0.339 e.